The average Bonchev–Trinajstić information content (AvgIpc) is 3.22. The molecule has 2 aromatic carbocycles. The molecule has 3 aromatic rings. The summed E-state index contributed by atoms with van der Waals surface area (Å²) >= 11 is 0. The van der Waals surface area contributed by atoms with Gasteiger partial charge in [-0.1, -0.05) is 30.3 Å². The number of benzene rings is 2. The summed E-state index contributed by atoms with van der Waals surface area (Å²) in [5.74, 6) is -0.651. The second-order valence-electron chi connectivity index (χ2n) is 7.90. The number of imidazole rings is 1. The second-order valence-corrected chi connectivity index (χ2v) is 9.83. The van der Waals surface area contributed by atoms with Crippen LogP contribution in [0.15, 0.2) is 61.1 Å². The first-order valence-electron chi connectivity index (χ1n) is 10.3. The molecule has 2 heterocycles. The number of aromatic amines is 1. The third-order valence-corrected chi connectivity index (χ3v) is 7.23. The molecule has 11 heteroatoms. The standard InChI is InChI=1S/C22H22F4N4O2S/c23-18-7-9-21-17(10-18)12-29(33(31,32)22(24,25)26)14-20(8-6-16-4-2-1-3-5-16)30(21)13-19-11-27-15-28-19/h1-5,7,9-11,15,20H,6,8,12-14H2,(H,27,28). The fourth-order valence-electron chi connectivity index (χ4n) is 4.07. The number of fused-ring (bicyclic) bond motifs is 1. The quantitative estimate of drug-likeness (QED) is 0.534. The van der Waals surface area contributed by atoms with Crippen molar-refractivity contribution < 1.29 is 26.0 Å². The van der Waals surface area contributed by atoms with Crippen LogP contribution in [0.25, 0.3) is 0 Å². The van der Waals surface area contributed by atoms with Gasteiger partial charge in [0.1, 0.15) is 5.82 Å². The number of halogens is 4. The van der Waals surface area contributed by atoms with E-state index in [4.69, 9.17) is 0 Å². The van der Waals surface area contributed by atoms with E-state index in [2.05, 4.69) is 9.97 Å². The molecule has 0 amide bonds. The summed E-state index contributed by atoms with van der Waals surface area (Å²) in [6.07, 6.45) is 3.99. The first-order chi connectivity index (χ1) is 15.6. The molecule has 1 atom stereocenters. The molecule has 1 N–H and O–H groups in total. The average molecular weight is 483 g/mol. The molecule has 0 bridgehead atoms. The number of anilines is 1. The third-order valence-electron chi connectivity index (χ3n) is 5.69. The minimum Gasteiger partial charge on any atom is -0.361 e. The predicted molar refractivity (Wildman–Crippen MR) is 115 cm³/mol. The van der Waals surface area contributed by atoms with Gasteiger partial charge >= 0.3 is 15.5 Å². The lowest BCUT2D eigenvalue weighted by molar-refractivity contribution is -0.0492. The van der Waals surface area contributed by atoms with Crippen LogP contribution in [0, 0.1) is 5.82 Å². The normalized spacial score (nSPS) is 17.6. The van der Waals surface area contributed by atoms with Gasteiger partial charge in [0.15, 0.2) is 0 Å². The van der Waals surface area contributed by atoms with Gasteiger partial charge in [0.25, 0.3) is 0 Å². The predicted octanol–water partition coefficient (Wildman–Crippen LogP) is 4.22. The lowest BCUT2D eigenvalue weighted by atomic mass is 10.0. The molecule has 0 saturated carbocycles. The van der Waals surface area contributed by atoms with Gasteiger partial charge in [0.05, 0.1) is 18.6 Å². The Balaban J connectivity index is 1.76. The fourth-order valence-corrected chi connectivity index (χ4v) is 5.04. The highest BCUT2D eigenvalue weighted by Gasteiger charge is 2.51. The van der Waals surface area contributed by atoms with Crippen molar-refractivity contribution in [2.24, 2.45) is 0 Å². The summed E-state index contributed by atoms with van der Waals surface area (Å²) in [6.45, 7) is -0.715. The van der Waals surface area contributed by atoms with E-state index in [9.17, 15) is 26.0 Å². The maximum Gasteiger partial charge on any atom is 0.511 e. The molecule has 0 fully saturated rings. The molecule has 0 radical (unpaired) electrons. The van der Waals surface area contributed by atoms with Crippen LogP contribution in [0.4, 0.5) is 23.2 Å². The van der Waals surface area contributed by atoms with E-state index < -0.39 is 33.9 Å². The van der Waals surface area contributed by atoms with Crippen molar-refractivity contribution in [2.45, 2.75) is 37.5 Å². The first-order valence-corrected chi connectivity index (χ1v) is 11.7. The van der Waals surface area contributed by atoms with Gasteiger partial charge in [-0.05, 0) is 42.2 Å². The topological polar surface area (TPSA) is 69.3 Å². The lowest BCUT2D eigenvalue weighted by Crippen LogP contribution is -2.47. The summed E-state index contributed by atoms with van der Waals surface area (Å²) in [7, 11) is -5.62. The summed E-state index contributed by atoms with van der Waals surface area (Å²) in [4.78, 5) is 8.79. The van der Waals surface area contributed by atoms with Gasteiger partial charge in [0.2, 0.25) is 0 Å². The summed E-state index contributed by atoms with van der Waals surface area (Å²) in [5, 5.41) is 0. The summed E-state index contributed by atoms with van der Waals surface area (Å²) in [5.41, 5.74) is -3.12. The van der Waals surface area contributed by atoms with Crippen molar-refractivity contribution in [1.82, 2.24) is 14.3 Å². The van der Waals surface area contributed by atoms with Gasteiger partial charge in [-0.2, -0.15) is 17.5 Å². The Labute approximate surface area is 188 Å². The van der Waals surface area contributed by atoms with Crippen LogP contribution < -0.4 is 4.90 Å². The molecular formula is C22H22F4N4O2S. The molecule has 0 aliphatic carbocycles. The van der Waals surface area contributed by atoms with Crippen molar-refractivity contribution in [3.8, 4) is 0 Å². The minimum atomic E-state index is -5.62. The van der Waals surface area contributed by atoms with E-state index in [1.54, 1.807) is 6.20 Å². The van der Waals surface area contributed by atoms with Crippen molar-refractivity contribution in [2.75, 3.05) is 11.4 Å². The number of sulfonamides is 1. The number of nitrogens with one attached hydrogen (secondary N) is 1. The summed E-state index contributed by atoms with van der Waals surface area (Å²) < 4.78 is 79.5. The number of nitrogens with zero attached hydrogens (tertiary/aromatic N) is 3. The Bertz CT molecular complexity index is 1180. The van der Waals surface area contributed by atoms with Gasteiger partial charge in [-0.3, -0.25) is 0 Å². The van der Waals surface area contributed by atoms with Crippen LogP contribution >= 0.6 is 0 Å². The molecule has 0 saturated heterocycles. The van der Waals surface area contributed by atoms with Gasteiger partial charge in [-0.25, -0.2) is 17.8 Å². The van der Waals surface area contributed by atoms with E-state index >= 15 is 0 Å². The third kappa shape index (κ3) is 5.03. The number of aryl methyl sites for hydroxylation is 1. The smallest absolute Gasteiger partial charge is 0.361 e. The van der Waals surface area contributed by atoms with Gasteiger partial charge in [0, 0.05) is 31.0 Å². The van der Waals surface area contributed by atoms with Crippen LogP contribution in [-0.4, -0.2) is 40.8 Å². The molecule has 1 aromatic heterocycles. The number of H-pyrrole nitrogens is 1. The van der Waals surface area contributed by atoms with Crippen molar-refractivity contribution in [3.63, 3.8) is 0 Å². The highest BCUT2D eigenvalue weighted by Crippen LogP contribution is 2.36. The van der Waals surface area contributed by atoms with E-state index in [1.165, 1.54) is 18.5 Å². The number of aromatic nitrogens is 2. The molecule has 176 valence electrons. The highest BCUT2D eigenvalue weighted by atomic mass is 32.2. The van der Waals surface area contributed by atoms with E-state index in [0.29, 0.717) is 28.5 Å². The molecule has 0 spiro atoms. The maximum absolute atomic E-state index is 14.0. The zero-order valence-corrected chi connectivity index (χ0v) is 18.3. The highest BCUT2D eigenvalue weighted by molar-refractivity contribution is 7.89. The molecule has 1 unspecified atom stereocenters. The van der Waals surface area contributed by atoms with Crippen LogP contribution in [0.3, 0.4) is 0 Å². The fraction of sp³-hybridized carbons (Fsp3) is 0.318. The van der Waals surface area contributed by atoms with Gasteiger partial charge in [-0.15, -0.1) is 0 Å². The molecular weight excluding hydrogens is 460 g/mol. The Hall–Kier alpha value is -2.92. The lowest BCUT2D eigenvalue weighted by Gasteiger charge is -2.34. The zero-order valence-electron chi connectivity index (χ0n) is 17.5. The van der Waals surface area contributed by atoms with Crippen LogP contribution in [-0.2, 0) is 29.5 Å². The van der Waals surface area contributed by atoms with E-state index in [1.807, 2.05) is 35.2 Å². The molecule has 6 nitrogen and oxygen atoms in total. The molecule has 1 aliphatic rings. The monoisotopic (exact) mass is 482 g/mol. The van der Waals surface area contributed by atoms with Crippen molar-refractivity contribution in [1.29, 1.82) is 0 Å². The molecule has 4 rings (SSSR count). The number of hydrogen-bond acceptors (Lipinski definition) is 4. The number of alkyl halides is 3. The first kappa shape index (κ1) is 23.2. The van der Waals surface area contributed by atoms with Gasteiger partial charge < -0.3 is 9.88 Å². The maximum atomic E-state index is 14.0. The van der Waals surface area contributed by atoms with Crippen molar-refractivity contribution in [3.05, 3.63) is 83.7 Å². The Kier molecular flexibility index (Phi) is 6.44. The summed E-state index contributed by atoms with van der Waals surface area (Å²) in [6, 6.07) is 12.6. The molecule has 1 aliphatic heterocycles. The largest absolute Gasteiger partial charge is 0.511 e. The van der Waals surface area contributed by atoms with Crippen LogP contribution in [0.2, 0.25) is 0 Å². The van der Waals surface area contributed by atoms with E-state index in [0.717, 1.165) is 11.6 Å². The number of rotatable bonds is 6. The van der Waals surface area contributed by atoms with Crippen LogP contribution in [0.5, 0.6) is 0 Å². The minimum absolute atomic E-state index is 0.171. The Morgan fingerprint density at radius 2 is 1.88 bits per heavy atom. The van der Waals surface area contributed by atoms with E-state index in [-0.39, 0.29) is 18.7 Å². The molecule has 33 heavy (non-hydrogen) atoms. The SMILES string of the molecule is O=S(=O)(N1Cc2cc(F)ccc2N(Cc2cnc[nH]2)C(CCc2ccccc2)C1)C(F)(F)F. The Morgan fingerprint density at radius 3 is 2.55 bits per heavy atom. The Morgan fingerprint density at radius 1 is 1.12 bits per heavy atom. The second kappa shape index (κ2) is 9.14. The van der Waals surface area contributed by atoms with Crippen molar-refractivity contribution >= 4 is 15.7 Å². The zero-order chi connectivity index (χ0) is 23.6. The number of hydrogen-bond donors (Lipinski definition) is 1. The van der Waals surface area contributed by atoms with Crippen LogP contribution in [0.1, 0.15) is 23.2 Å².